The van der Waals surface area contributed by atoms with Gasteiger partial charge in [0.25, 0.3) is 0 Å². The Labute approximate surface area is 109 Å². The van der Waals surface area contributed by atoms with Crippen molar-refractivity contribution in [2.75, 3.05) is 0 Å². The Hall–Kier alpha value is -1.59. The van der Waals surface area contributed by atoms with Crippen molar-refractivity contribution in [3.63, 3.8) is 0 Å². The van der Waals surface area contributed by atoms with Crippen molar-refractivity contribution in [1.29, 1.82) is 0 Å². The number of rotatable bonds is 2. The summed E-state index contributed by atoms with van der Waals surface area (Å²) in [6, 6.07) is 8.70. The third-order valence-electron chi connectivity index (χ3n) is 1.96. The highest BCUT2D eigenvalue weighted by molar-refractivity contribution is 6.58. The lowest BCUT2D eigenvalue weighted by Crippen LogP contribution is -2.29. The van der Waals surface area contributed by atoms with E-state index in [2.05, 4.69) is 5.10 Å². The summed E-state index contributed by atoms with van der Waals surface area (Å²) < 4.78 is 1.70. The van der Waals surface area contributed by atoms with E-state index in [9.17, 15) is 0 Å². The molecule has 2 rings (SSSR count). The predicted octanol–water partition coefficient (Wildman–Crippen LogP) is 1.60. The van der Waals surface area contributed by atoms with E-state index in [1.54, 1.807) is 35.1 Å². The molecule has 98 valence electrons. The number of aromatic nitrogens is 2. The fourth-order valence-electron chi connectivity index (χ4n) is 1.22. The molecule has 0 saturated carbocycles. The van der Waals surface area contributed by atoms with Gasteiger partial charge in [-0.05, 0) is 23.7 Å². The Morgan fingerprint density at radius 2 is 1.56 bits per heavy atom. The maximum absolute atomic E-state index is 8.88. The van der Waals surface area contributed by atoms with Gasteiger partial charge in [-0.1, -0.05) is 39.8 Å². The molecule has 5 heteroatoms. The van der Waals surface area contributed by atoms with Crippen molar-refractivity contribution in [3.8, 4) is 5.69 Å². The second kappa shape index (κ2) is 9.45. The summed E-state index contributed by atoms with van der Waals surface area (Å²) in [4.78, 5) is 0. The lowest BCUT2D eigenvalue weighted by atomic mass is 9.80. The zero-order chi connectivity index (χ0) is 14.0. The van der Waals surface area contributed by atoms with Crippen LogP contribution in [0, 0.1) is 0 Å². The molecule has 1 heterocycles. The van der Waals surface area contributed by atoms with Crippen LogP contribution in [0.4, 0.5) is 0 Å². The summed E-state index contributed by atoms with van der Waals surface area (Å²) in [5.74, 6) is 0. The Kier molecular flexibility index (Phi) is 8.61. The van der Waals surface area contributed by atoms with Gasteiger partial charge in [0.2, 0.25) is 0 Å². The highest BCUT2D eigenvalue weighted by Crippen LogP contribution is 2.03. The average molecular weight is 248 g/mol. The van der Waals surface area contributed by atoms with Gasteiger partial charge in [-0.15, -0.1) is 0 Å². The van der Waals surface area contributed by atoms with Crippen molar-refractivity contribution in [2.24, 2.45) is 0 Å². The molecule has 2 aromatic rings. The van der Waals surface area contributed by atoms with Crippen molar-refractivity contribution in [1.82, 2.24) is 9.78 Å². The van der Waals surface area contributed by atoms with Gasteiger partial charge >= 0.3 is 7.12 Å². The quantitative estimate of drug-likeness (QED) is 0.794. The molecule has 1 aromatic carbocycles. The van der Waals surface area contributed by atoms with Crippen LogP contribution in [0.1, 0.15) is 27.7 Å². The first-order valence-electron chi connectivity index (χ1n) is 6.23. The highest BCUT2D eigenvalue weighted by Gasteiger charge is 2.09. The summed E-state index contributed by atoms with van der Waals surface area (Å²) >= 11 is 0. The molecule has 4 nitrogen and oxygen atoms in total. The molecule has 0 fully saturated rings. The van der Waals surface area contributed by atoms with E-state index in [0.29, 0.717) is 5.46 Å². The van der Waals surface area contributed by atoms with Gasteiger partial charge in [-0.25, -0.2) is 4.68 Å². The maximum atomic E-state index is 8.88. The highest BCUT2D eigenvalue weighted by atomic mass is 16.4. The Bertz CT molecular complexity index is 399. The summed E-state index contributed by atoms with van der Waals surface area (Å²) in [5, 5.41) is 21.8. The Morgan fingerprint density at radius 3 is 1.94 bits per heavy atom. The SMILES string of the molecule is CC.CC.OB(O)c1ccc(-n2cccn2)cc1. The summed E-state index contributed by atoms with van der Waals surface area (Å²) in [6.07, 6.45) is 3.51. The van der Waals surface area contributed by atoms with E-state index in [-0.39, 0.29) is 0 Å². The van der Waals surface area contributed by atoms with Crippen molar-refractivity contribution >= 4 is 12.6 Å². The zero-order valence-electron chi connectivity index (χ0n) is 11.4. The summed E-state index contributed by atoms with van der Waals surface area (Å²) in [6.45, 7) is 8.00. The average Bonchev–Trinajstić information content (AvgIpc) is 2.97. The lowest BCUT2D eigenvalue weighted by Gasteiger charge is -2.02. The molecular weight excluding hydrogens is 227 g/mol. The minimum absolute atomic E-state index is 0.473. The maximum Gasteiger partial charge on any atom is 0.488 e. The van der Waals surface area contributed by atoms with Crippen LogP contribution >= 0.6 is 0 Å². The van der Waals surface area contributed by atoms with Gasteiger partial charge in [0.05, 0.1) is 5.69 Å². The number of benzene rings is 1. The summed E-state index contributed by atoms with van der Waals surface area (Å²) in [7, 11) is -1.42. The van der Waals surface area contributed by atoms with Crippen LogP contribution in [0.25, 0.3) is 5.69 Å². The topological polar surface area (TPSA) is 58.3 Å². The molecule has 18 heavy (non-hydrogen) atoms. The fraction of sp³-hybridized carbons (Fsp3) is 0.308. The van der Waals surface area contributed by atoms with Crippen LogP contribution in [-0.2, 0) is 0 Å². The Morgan fingerprint density at radius 1 is 1.00 bits per heavy atom. The fourth-order valence-corrected chi connectivity index (χ4v) is 1.22. The number of nitrogens with zero attached hydrogens (tertiary/aromatic N) is 2. The predicted molar refractivity (Wildman–Crippen MR) is 76.1 cm³/mol. The third kappa shape index (κ3) is 4.73. The van der Waals surface area contributed by atoms with Crippen LogP contribution in [-0.4, -0.2) is 26.9 Å². The minimum atomic E-state index is -1.42. The lowest BCUT2D eigenvalue weighted by molar-refractivity contribution is 0.426. The Balaban J connectivity index is 0.000000659. The minimum Gasteiger partial charge on any atom is -0.423 e. The molecule has 1 aromatic heterocycles. The molecule has 0 atom stereocenters. The summed E-state index contributed by atoms with van der Waals surface area (Å²) in [5.41, 5.74) is 1.36. The number of hydrogen-bond acceptors (Lipinski definition) is 3. The van der Waals surface area contributed by atoms with Crippen LogP contribution in [0.2, 0.25) is 0 Å². The van der Waals surface area contributed by atoms with Gasteiger partial charge in [-0.3, -0.25) is 0 Å². The second-order valence-corrected chi connectivity index (χ2v) is 2.92. The van der Waals surface area contributed by atoms with Crippen LogP contribution in [0.15, 0.2) is 42.7 Å². The molecule has 0 spiro atoms. The molecule has 0 bridgehead atoms. The smallest absolute Gasteiger partial charge is 0.423 e. The molecule has 0 aliphatic carbocycles. The van der Waals surface area contributed by atoms with E-state index in [0.717, 1.165) is 5.69 Å². The number of hydrogen-bond donors (Lipinski definition) is 2. The van der Waals surface area contributed by atoms with Gasteiger partial charge in [0.1, 0.15) is 0 Å². The first-order chi connectivity index (χ1) is 8.77. The van der Waals surface area contributed by atoms with E-state index < -0.39 is 7.12 Å². The normalized spacial score (nSPS) is 8.56. The van der Waals surface area contributed by atoms with Crippen LogP contribution in [0.5, 0.6) is 0 Å². The van der Waals surface area contributed by atoms with E-state index in [1.807, 2.05) is 40.0 Å². The third-order valence-corrected chi connectivity index (χ3v) is 1.96. The van der Waals surface area contributed by atoms with Gasteiger partial charge in [-0.2, -0.15) is 5.10 Å². The van der Waals surface area contributed by atoms with Crippen LogP contribution in [0.3, 0.4) is 0 Å². The van der Waals surface area contributed by atoms with Crippen LogP contribution < -0.4 is 5.46 Å². The molecule has 0 aliphatic rings. The first-order valence-corrected chi connectivity index (χ1v) is 6.23. The molecule has 0 unspecified atom stereocenters. The van der Waals surface area contributed by atoms with Gasteiger partial charge < -0.3 is 10.0 Å². The van der Waals surface area contributed by atoms with E-state index in [1.165, 1.54) is 0 Å². The molecule has 0 amide bonds. The van der Waals surface area contributed by atoms with Crippen molar-refractivity contribution in [2.45, 2.75) is 27.7 Å². The second-order valence-electron chi connectivity index (χ2n) is 2.92. The molecule has 0 radical (unpaired) electrons. The zero-order valence-corrected chi connectivity index (χ0v) is 11.4. The van der Waals surface area contributed by atoms with Crippen molar-refractivity contribution in [3.05, 3.63) is 42.7 Å². The molecule has 0 aliphatic heterocycles. The van der Waals surface area contributed by atoms with E-state index >= 15 is 0 Å². The first kappa shape index (κ1) is 16.4. The van der Waals surface area contributed by atoms with Crippen molar-refractivity contribution < 1.29 is 10.0 Å². The van der Waals surface area contributed by atoms with E-state index in [4.69, 9.17) is 10.0 Å². The molecule has 0 saturated heterocycles. The standard InChI is InChI=1S/C9H9BN2O2.2C2H6/c13-10(14)8-2-4-9(5-3-8)12-7-1-6-11-12;2*1-2/h1-7,13-14H;2*1-2H3. The molecule has 2 N–H and O–H groups in total. The monoisotopic (exact) mass is 248 g/mol. The molecular formula is C13H21BN2O2. The largest absolute Gasteiger partial charge is 0.488 e. The van der Waals surface area contributed by atoms with Gasteiger partial charge in [0, 0.05) is 12.4 Å². The van der Waals surface area contributed by atoms with Gasteiger partial charge in [0.15, 0.2) is 0 Å².